The molecule has 0 amide bonds. The van der Waals surface area contributed by atoms with Crippen LogP contribution in [0.5, 0.6) is 5.75 Å². The fourth-order valence-corrected chi connectivity index (χ4v) is 5.50. The molecule has 0 aliphatic heterocycles. The number of carboxylic acids is 1. The summed E-state index contributed by atoms with van der Waals surface area (Å²) in [6.07, 6.45) is 9.19. The number of aliphatic carboxylic acids is 1. The number of aromatic nitrogens is 1. The number of fused-ring (bicyclic) bond motifs is 3. The lowest BCUT2D eigenvalue weighted by Crippen LogP contribution is -2.03. The summed E-state index contributed by atoms with van der Waals surface area (Å²) >= 11 is 0. The van der Waals surface area contributed by atoms with Gasteiger partial charge < -0.3 is 14.8 Å². The minimum absolute atomic E-state index is 0.0833. The summed E-state index contributed by atoms with van der Waals surface area (Å²) in [5.74, 6) is 0.861. The van der Waals surface area contributed by atoms with Crippen molar-refractivity contribution < 1.29 is 14.6 Å². The Morgan fingerprint density at radius 2 is 2.00 bits per heavy atom. The molecule has 2 aliphatic rings. The van der Waals surface area contributed by atoms with Crippen LogP contribution in [-0.2, 0) is 17.8 Å². The zero-order chi connectivity index (χ0) is 21.4. The van der Waals surface area contributed by atoms with Gasteiger partial charge >= 0.3 is 5.97 Å². The van der Waals surface area contributed by atoms with Gasteiger partial charge in [-0.2, -0.15) is 0 Å². The molecule has 0 saturated heterocycles. The highest BCUT2D eigenvalue weighted by Gasteiger charge is 2.28. The Bertz CT molecular complexity index is 1140. The number of ether oxygens (including phenoxy) is 1. The fourth-order valence-electron chi connectivity index (χ4n) is 5.50. The average Bonchev–Trinajstić information content (AvgIpc) is 3.50. The van der Waals surface area contributed by atoms with Crippen molar-refractivity contribution in [3.05, 3.63) is 70.9 Å². The minimum Gasteiger partial charge on any atom is -0.489 e. The maximum absolute atomic E-state index is 11.2. The van der Waals surface area contributed by atoms with E-state index in [1.165, 1.54) is 42.4 Å². The molecule has 1 saturated carbocycles. The van der Waals surface area contributed by atoms with Gasteiger partial charge in [-0.05, 0) is 78.1 Å². The summed E-state index contributed by atoms with van der Waals surface area (Å²) in [5.41, 5.74) is 7.21. The van der Waals surface area contributed by atoms with Crippen LogP contribution in [0.3, 0.4) is 0 Å². The molecule has 2 N–H and O–H groups in total. The predicted molar refractivity (Wildman–Crippen MR) is 124 cm³/mol. The third-order valence-electron chi connectivity index (χ3n) is 7.05. The standard InChI is InChI=1S/C27H29NO3/c1-2-18-13-17(7-10-22(18)19-5-3-4-6-19)16-31-21-9-12-25-24(15-21)23-11-8-20(14-26(29)30)27(23)28-25/h2,7,9-10,12-13,15,19-20,28H,1,3-6,8,11,14,16H2,(H,29,30)/t20-/m1/s1. The van der Waals surface area contributed by atoms with Crippen molar-refractivity contribution in [2.45, 2.75) is 63.4 Å². The second-order valence-electron chi connectivity index (χ2n) is 9.00. The van der Waals surface area contributed by atoms with Crippen molar-refractivity contribution in [2.24, 2.45) is 0 Å². The van der Waals surface area contributed by atoms with Crippen LogP contribution < -0.4 is 4.74 Å². The van der Waals surface area contributed by atoms with Gasteiger partial charge in [-0.15, -0.1) is 0 Å². The summed E-state index contributed by atoms with van der Waals surface area (Å²) < 4.78 is 6.14. The van der Waals surface area contributed by atoms with Crippen LogP contribution in [0.4, 0.5) is 0 Å². The van der Waals surface area contributed by atoms with Crippen LogP contribution in [0.15, 0.2) is 43.0 Å². The molecule has 2 aliphatic carbocycles. The molecule has 4 heteroatoms. The Labute approximate surface area is 182 Å². The summed E-state index contributed by atoms with van der Waals surface area (Å²) in [4.78, 5) is 14.6. The molecule has 1 heterocycles. The molecular formula is C27H29NO3. The van der Waals surface area contributed by atoms with E-state index >= 15 is 0 Å². The van der Waals surface area contributed by atoms with Gasteiger partial charge in [-0.1, -0.05) is 37.6 Å². The first kappa shape index (κ1) is 19.9. The zero-order valence-electron chi connectivity index (χ0n) is 17.8. The van der Waals surface area contributed by atoms with Gasteiger partial charge in [-0.25, -0.2) is 0 Å². The molecule has 1 atom stereocenters. The van der Waals surface area contributed by atoms with E-state index in [1.54, 1.807) is 0 Å². The molecule has 0 unspecified atom stereocenters. The number of H-pyrrole nitrogens is 1. The highest BCUT2D eigenvalue weighted by molar-refractivity contribution is 5.87. The van der Waals surface area contributed by atoms with Crippen LogP contribution in [0.1, 0.15) is 78.3 Å². The molecule has 0 bridgehead atoms. The SMILES string of the molecule is C=Cc1cc(COc2ccc3[nH]c4c(c3c2)CC[C@@H]4CC(=O)O)ccc1C1CCCC1. The van der Waals surface area contributed by atoms with Crippen molar-refractivity contribution in [1.82, 2.24) is 4.98 Å². The maximum atomic E-state index is 11.2. The third-order valence-corrected chi connectivity index (χ3v) is 7.05. The first-order valence-corrected chi connectivity index (χ1v) is 11.4. The average molecular weight is 416 g/mol. The van der Waals surface area contributed by atoms with E-state index in [1.807, 2.05) is 18.2 Å². The lowest BCUT2D eigenvalue weighted by molar-refractivity contribution is -0.137. The van der Waals surface area contributed by atoms with Gasteiger partial charge in [0.2, 0.25) is 0 Å². The lowest BCUT2D eigenvalue weighted by atomic mass is 9.91. The van der Waals surface area contributed by atoms with E-state index in [2.05, 4.69) is 35.8 Å². The van der Waals surface area contributed by atoms with Crippen molar-refractivity contribution >= 4 is 22.9 Å². The predicted octanol–water partition coefficient (Wildman–Crippen LogP) is 6.55. The van der Waals surface area contributed by atoms with Gasteiger partial charge in [0.15, 0.2) is 0 Å². The van der Waals surface area contributed by atoms with Gasteiger partial charge in [0, 0.05) is 22.5 Å². The van der Waals surface area contributed by atoms with Crippen molar-refractivity contribution in [2.75, 3.05) is 0 Å². The number of aromatic amines is 1. The van der Waals surface area contributed by atoms with E-state index in [0.29, 0.717) is 12.5 Å². The Balaban J connectivity index is 1.33. The van der Waals surface area contributed by atoms with E-state index in [4.69, 9.17) is 4.74 Å². The monoisotopic (exact) mass is 415 g/mol. The minimum atomic E-state index is -0.738. The molecule has 1 aromatic heterocycles. The Morgan fingerprint density at radius 3 is 2.77 bits per heavy atom. The number of nitrogens with one attached hydrogen (secondary N) is 1. The lowest BCUT2D eigenvalue weighted by Gasteiger charge is -2.15. The quantitative estimate of drug-likeness (QED) is 0.460. The number of rotatable bonds is 7. The number of carbonyl (C=O) groups is 1. The first-order valence-electron chi connectivity index (χ1n) is 11.4. The van der Waals surface area contributed by atoms with Crippen LogP contribution in [0.25, 0.3) is 17.0 Å². The largest absolute Gasteiger partial charge is 0.489 e. The van der Waals surface area contributed by atoms with Gasteiger partial charge in [0.25, 0.3) is 0 Å². The Kier molecular flexibility index (Phi) is 5.31. The van der Waals surface area contributed by atoms with Gasteiger partial charge in [-0.3, -0.25) is 4.79 Å². The fraction of sp³-hybridized carbons (Fsp3) is 0.370. The zero-order valence-corrected chi connectivity index (χ0v) is 17.8. The molecule has 3 aromatic rings. The molecule has 0 spiro atoms. The highest BCUT2D eigenvalue weighted by atomic mass is 16.5. The number of hydrogen-bond acceptors (Lipinski definition) is 2. The van der Waals surface area contributed by atoms with Crippen molar-refractivity contribution in [3.8, 4) is 5.75 Å². The number of carboxylic acid groups (broad SMARTS) is 1. The molecule has 0 radical (unpaired) electrons. The number of hydrogen-bond donors (Lipinski definition) is 2. The summed E-state index contributed by atoms with van der Waals surface area (Å²) in [6, 6.07) is 12.8. The van der Waals surface area contributed by atoms with Crippen LogP contribution in [0.2, 0.25) is 0 Å². The van der Waals surface area contributed by atoms with E-state index in [-0.39, 0.29) is 12.3 Å². The highest BCUT2D eigenvalue weighted by Crippen LogP contribution is 2.40. The molecule has 1 fully saturated rings. The molecule has 2 aromatic carbocycles. The van der Waals surface area contributed by atoms with E-state index in [0.717, 1.165) is 40.8 Å². The normalized spacial score (nSPS) is 18.4. The molecular weight excluding hydrogens is 386 g/mol. The van der Waals surface area contributed by atoms with Crippen LogP contribution >= 0.6 is 0 Å². The first-order chi connectivity index (χ1) is 15.1. The molecule has 4 nitrogen and oxygen atoms in total. The summed E-state index contributed by atoms with van der Waals surface area (Å²) in [6.45, 7) is 4.55. The topological polar surface area (TPSA) is 62.3 Å². The smallest absolute Gasteiger partial charge is 0.304 e. The second kappa shape index (κ2) is 8.26. The summed E-state index contributed by atoms with van der Waals surface area (Å²) in [7, 11) is 0. The van der Waals surface area contributed by atoms with E-state index in [9.17, 15) is 9.90 Å². The second-order valence-corrected chi connectivity index (χ2v) is 9.00. The van der Waals surface area contributed by atoms with Crippen molar-refractivity contribution in [1.29, 1.82) is 0 Å². The molecule has 31 heavy (non-hydrogen) atoms. The van der Waals surface area contributed by atoms with Gasteiger partial charge in [0.05, 0.1) is 6.42 Å². The van der Waals surface area contributed by atoms with Crippen LogP contribution in [-0.4, -0.2) is 16.1 Å². The van der Waals surface area contributed by atoms with Gasteiger partial charge in [0.1, 0.15) is 12.4 Å². The molecule has 5 rings (SSSR count). The number of aryl methyl sites for hydroxylation is 1. The third kappa shape index (κ3) is 3.87. The Hall–Kier alpha value is -3.01. The summed E-state index contributed by atoms with van der Waals surface area (Å²) in [5, 5.41) is 10.3. The van der Waals surface area contributed by atoms with E-state index < -0.39 is 5.97 Å². The van der Waals surface area contributed by atoms with Crippen molar-refractivity contribution in [3.63, 3.8) is 0 Å². The number of benzene rings is 2. The molecule has 160 valence electrons. The Morgan fingerprint density at radius 1 is 1.16 bits per heavy atom. The maximum Gasteiger partial charge on any atom is 0.304 e. The van der Waals surface area contributed by atoms with Crippen LogP contribution in [0, 0.1) is 0 Å².